The number of rotatable bonds is 7. The van der Waals surface area contributed by atoms with E-state index in [1.54, 1.807) is 6.33 Å². The standard InChI is InChI=1S/C13H22N6/c1-4-14-13-18-11(15-7-5-6-9(2)3)10-12(19-13)17-8-16-10/h8-9H,4-7H2,1-3H3,(H3,14,15,16,17,18,19). The Morgan fingerprint density at radius 2 is 2.11 bits per heavy atom. The minimum atomic E-state index is 0.619. The Kier molecular flexibility index (Phi) is 4.54. The number of H-pyrrole nitrogens is 1. The van der Waals surface area contributed by atoms with Crippen LogP contribution in [0.2, 0.25) is 0 Å². The van der Waals surface area contributed by atoms with Crippen molar-refractivity contribution >= 4 is 22.9 Å². The van der Waals surface area contributed by atoms with Crippen LogP contribution >= 0.6 is 0 Å². The van der Waals surface area contributed by atoms with E-state index in [-0.39, 0.29) is 0 Å². The fraction of sp³-hybridized carbons (Fsp3) is 0.615. The molecule has 0 aliphatic rings. The first-order valence-electron chi connectivity index (χ1n) is 6.89. The highest BCUT2D eigenvalue weighted by molar-refractivity contribution is 5.83. The van der Waals surface area contributed by atoms with Gasteiger partial charge in [0.2, 0.25) is 5.95 Å². The van der Waals surface area contributed by atoms with Crippen molar-refractivity contribution in [3.8, 4) is 0 Å². The van der Waals surface area contributed by atoms with Crippen molar-refractivity contribution < 1.29 is 0 Å². The van der Waals surface area contributed by atoms with Crippen molar-refractivity contribution in [1.29, 1.82) is 0 Å². The fourth-order valence-electron chi connectivity index (χ4n) is 1.92. The Balaban J connectivity index is 2.09. The molecule has 0 bridgehead atoms. The van der Waals surface area contributed by atoms with Gasteiger partial charge in [0.25, 0.3) is 0 Å². The highest BCUT2D eigenvalue weighted by Crippen LogP contribution is 2.18. The van der Waals surface area contributed by atoms with Gasteiger partial charge in [-0.15, -0.1) is 0 Å². The maximum atomic E-state index is 4.47. The number of nitrogens with one attached hydrogen (secondary N) is 3. The van der Waals surface area contributed by atoms with Crippen molar-refractivity contribution in [1.82, 2.24) is 19.9 Å². The van der Waals surface area contributed by atoms with Gasteiger partial charge in [0.15, 0.2) is 11.5 Å². The fourth-order valence-corrected chi connectivity index (χ4v) is 1.92. The first-order chi connectivity index (χ1) is 9.20. The molecule has 0 unspecified atom stereocenters. The van der Waals surface area contributed by atoms with Crippen LogP contribution in [0.1, 0.15) is 33.6 Å². The third kappa shape index (κ3) is 3.56. The summed E-state index contributed by atoms with van der Waals surface area (Å²) in [5.41, 5.74) is 1.56. The normalized spacial score (nSPS) is 11.2. The Labute approximate surface area is 113 Å². The third-order valence-electron chi connectivity index (χ3n) is 2.87. The third-order valence-corrected chi connectivity index (χ3v) is 2.87. The van der Waals surface area contributed by atoms with Gasteiger partial charge in [-0.2, -0.15) is 9.97 Å². The highest BCUT2D eigenvalue weighted by atomic mass is 15.2. The van der Waals surface area contributed by atoms with E-state index in [1.807, 2.05) is 6.92 Å². The van der Waals surface area contributed by atoms with E-state index in [4.69, 9.17) is 0 Å². The quantitative estimate of drug-likeness (QED) is 0.668. The second-order valence-corrected chi connectivity index (χ2v) is 4.99. The van der Waals surface area contributed by atoms with Gasteiger partial charge in [-0.3, -0.25) is 0 Å². The molecule has 6 heteroatoms. The van der Waals surface area contributed by atoms with Gasteiger partial charge in [0.05, 0.1) is 6.33 Å². The molecule has 104 valence electrons. The van der Waals surface area contributed by atoms with E-state index in [1.165, 1.54) is 6.42 Å². The van der Waals surface area contributed by atoms with Crippen LogP contribution in [0.3, 0.4) is 0 Å². The monoisotopic (exact) mass is 262 g/mol. The molecule has 0 amide bonds. The molecule has 0 saturated carbocycles. The molecule has 2 aromatic rings. The van der Waals surface area contributed by atoms with E-state index in [0.717, 1.165) is 36.8 Å². The van der Waals surface area contributed by atoms with Gasteiger partial charge in [-0.25, -0.2) is 4.98 Å². The first kappa shape index (κ1) is 13.6. The predicted molar refractivity (Wildman–Crippen MR) is 78.4 cm³/mol. The Bertz CT molecular complexity index is 519. The zero-order chi connectivity index (χ0) is 13.7. The van der Waals surface area contributed by atoms with Gasteiger partial charge in [0, 0.05) is 13.1 Å². The lowest BCUT2D eigenvalue weighted by atomic mass is 10.1. The van der Waals surface area contributed by atoms with Crippen LogP contribution in [0.4, 0.5) is 11.8 Å². The second kappa shape index (κ2) is 6.36. The SMILES string of the molecule is CCNc1nc(NCCCC(C)C)c2[nH]cnc2n1. The number of hydrogen-bond donors (Lipinski definition) is 3. The largest absolute Gasteiger partial charge is 0.368 e. The molecule has 0 spiro atoms. The molecule has 0 radical (unpaired) electrons. The van der Waals surface area contributed by atoms with E-state index in [2.05, 4.69) is 44.4 Å². The molecule has 0 aliphatic heterocycles. The van der Waals surface area contributed by atoms with E-state index < -0.39 is 0 Å². The van der Waals surface area contributed by atoms with E-state index in [0.29, 0.717) is 11.6 Å². The zero-order valence-corrected chi connectivity index (χ0v) is 11.8. The summed E-state index contributed by atoms with van der Waals surface area (Å²) in [4.78, 5) is 16.1. The average molecular weight is 262 g/mol. The number of anilines is 2. The van der Waals surface area contributed by atoms with Crippen LogP contribution in [0, 0.1) is 5.92 Å². The smallest absolute Gasteiger partial charge is 0.226 e. The molecule has 0 saturated heterocycles. The first-order valence-corrected chi connectivity index (χ1v) is 6.89. The van der Waals surface area contributed by atoms with Crippen molar-refractivity contribution in [2.75, 3.05) is 23.7 Å². The summed E-state index contributed by atoms with van der Waals surface area (Å²) in [5.74, 6) is 2.17. The number of aromatic nitrogens is 4. The lowest BCUT2D eigenvalue weighted by Crippen LogP contribution is -2.09. The topological polar surface area (TPSA) is 78.5 Å². The maximum absolute atomic E-state index is 4.47. The summed E-state index contributed by atoms with van der Waals surface area (Å²) in [7, 11) is 0. The lowest BCUT2D eigenvalue weighted by molar-refractivity contribution is 0.567. The molecule has 2 rings (SSSR count). The molecule has 6 nitrogen and oxygen atoms in total. The van der Waals surface area contributed by atoms with Crippen LogP contribution in [0.25, 0.3) is 11.2 Å². The minimum Gasteiger partial charge on any atom is -0.368 e. The molecular formula is C13H22N6. The zero-order valence-electron chi connectivity index (χ0n) is 11.8. The summed E-state index contributed by atoms with van der Waals surface area (Å²) in [6, 6.07) is 0. The van der Waals surface area contributed by atoms with Crippen LogP contribution in [-0.2, 0) is 0 Å². The lowest BCUT2D eigenvalue weighted by Gasteiger charge is -2.09. The number of nitrogens with zero attached hydrogens (tertiary/aromatic N) is 3. The summed E-state index contributed by atoms with van der Waals surface area (Å²) < 4.78 is 0. The predicted octanol–water partition coefficient (Wildman–Crippen LogP) is 2.63. The molecule has 3 N–H and O–H groups in total. The van der Waals surface area contributed by atoms with Crippen molar-refractivity contribution in [3.05, 3.63) is 6.33 Å². The molecule has 19 heavy (non-hydrogen) atoms. The second-order valence-electron chi connectivity index (χ2n) is 4.99. The summed E-state index contributed by atoms with van der Waals surface area (Å²) in [6.45, 7) is 8.20. The van der Waals surface area contributed by atoms with Crippen molar-refractivity contribution in [3.63, 3.8) is 0 Å². The molecule has 0 fully saturated rings. The van der Waals surface area contributed by atoms with Gasteiger partial charge in [-0.05, 0) is 25.7 Å². The number of aromatic amines is 1. The Morgan fingerprint density at radius 1 is 1.26 bits per heavy atom. The van der Waals surface area contributed by atoms with Crippen molar-refractivity contribution in [2.24, 2.45) is 5.92 Å². The molecule has 2 aromatic heterocycles. The van der Waals surface area contributed by atoms with Crippen LogP contribution < -0.4 is 10.6 Å². The summed E-state index contributed by atoms with van der Waals surface area (Å²) >= 11 is 0. The van der Waals surface area contributed by atoms with E-state index >= 15 is 0 Å². The maximum Gasteiger partial charge on any atom is 0.226 e. The van der Waals surface area contributed by atoms with Crippen LogP contribution in [-0.4, -0.2) is 33.0 Å². The Hall–Kier alpha value is -1.85. The van der Waals surface area contributed by atoms with Gasteiger partial charge in [-0.1, -0.05) is 13.8 Å². The van der Waals surface area contributed by atoms with E-state index in [9.17, 15) is 0 Å². The number of fused-ring (bicyclic) bond motifs is 1. The van der Waals surface area contributed by atoms with Gasteiger partial charge >= 0.3 is 0 Å². The van der Waals surface area contributed by atoms with Gasteiger partial charge in [0.1, 0.15) is 5.52 Å². The molecule has 0 aliphatic carbocycles. The van der Waals surface area contributed by atoms with Crippen LogP contribution in [0.15, 0.2) is 6.33 Å². The molecule has 0 atom stereocenters. The number of hydrogen-bond acceptors (Lipinski definition) is 5. The highest BCUT2D eigenvalue weighted by Gasteiger charge is 2.09. The molecule has 2 heterocycles. The number of imidazole rings is 1. The van der Waals surface area contributed by atoms with Crippen molar-refractivity contribution in [2.45, 2.75) is 33.6 Å². The minimum absolute atomic E-state index is 0.619. The molecule has 0 aromatic carbocycles. The summed E-state index contributed by atoms with van der Waals surface area (Å²) in [6.07, 6.45) is 3.99. The van der Waals surface area contributed by atoms with Gasteiger partial charge < -0.3 is 15.6 Å². The average Bonchev–Trinajstić information content (AvgIpc) is 2.83. The van der Waals surface area contributed by atoms with Crippen LogP contribution in [0.5, 0.6) is 0 Å². The molecular weight excluding hydrogens is 240 g/mol. The Morgan fingerprint density at radius 3 is 2.84 bits per heavy atom. The summed E-state index contributed by atoms with van der Waals surface area (Å²) in [5, 5.41) is 6.49.